The predicted octanol–water partition coefficient (Wildman–Crippen LogP) is 3.43. The number of hydrogen-bond donors (Lipinski definition) is 1. The third-order valence-corrected chi connectivity index (χ3v) is 6.11. The molecule has 1 saturated carbocycles. The summed E-state index contributed by atoms with van der Waals surface area (Å²) in [5, 5.41) is 7.12. The Labute approximate surface area is 184 Å². The maximum atomic E-state index is 12.6. The van der Waals surface area contributed by atoms with E-state index in [9.17, 15) is 18.0 Å². The molecular formula is C22H29F3N2O5. The summed E-state index contributed by atoms with van der Waals surface area (Å²) in [4.78, 5) is 27.9. The summed E-state index contributed by atoms with van der Waals surface area (Å²) >= 11 is 0. The van der Waals surface area contributed by atoms with Crippen LogP contribution in [-0.4, -0.2) is 65.5 Å². The number of fused-ring (bicyclic) bond motifs is 1. The third-order valence-electron chi connectivity index (χ3n) is 6.11. The van der Waals surface area contributed by atoms with Crippen LogP contribution in [0.3, 0.4) is 0 Å². The van der Waals surface area contributed by atoms with Crippen molar-refractivity contribution in [3.05, 3.63) is 30.1 Å². The number of piperidine rings is 1. The predicted molar refractivity (Wildman–Crippen MR) is 108 cm³/mol. The number of carboxylic acid groups (broad SMARTS) is 1. The minimum atomic E-state index is -5.08. The Morgan fingerprint density at radius 2 is 2.03 bits per heavy atom. The number of ether oxygens (including phenoxy) is 2. The summed E-state index contributed by atoms with van der Waals surface area (Å²) in [6.45, 7) is 3.61. The Hall–Kier alpha value is -2.20. The van der Waals surface area contributed by atoms with Gasteiger partial charge in [-0.05, 0) is 50.2 Å². The Morgan fingerprint density at radius 3 is 2.66 bits per heavy atom. The second kappa shape index (κ2) is 10.6. The number of likely N-dealkylation sites (tertiary alicyclic amines) is 1. The number of carbonyl (C=O) groups excluding carboxylic acids is 1. The van der Waals surface area contributed by atoms with Crippen LogP contribution in [0, 0.1) is 11.3 Å². The van der Waals surface area contributed by atoms with Crippen molar-refractivity contribution in [3.8, 4) is 0 Å². The van der Waals surface area contributed by atoms with E-state index in [0.29, 0.717) is 25.0 Å². The minimum Gasteiger partial charge on any atom is -0.475 e. The Bertz CT molecular complexity index is 773. The zero-order valence-electron chi connectivity index (χ0n) is 17.9. The molecule has 0 spiro atoms. The molecule has 1 amide bonds. The van der Waals surface area contributed by atoms with Gasteiger partial charge in [0.25, 0.3) is 0 Å². The molecule has 0 bridgehead atoms. The highest BCUT2D eigenvalue weighted by Gasteiger charge is 2.47. The lowest BCUT2D eigenvalue weighted by Crippen LogP contribution is -2.58. The smallest absolute Gasteiger partial charge is 0.475 e. The third kappa shape index (κ3) is 6.90. The summed E-state index contributed by atoms with van der Waals surface area (Å²) in [6, 6.07) is 5.88. The average Bonchev–Trinajstić information content (AvgIpc) is 3.58. The number of rotatable bonds is 6. The van der Waals surface area contributed by atoms with Crippen LogP contribution < -0.4 is 0 Å². The van der Waals surface area contributed by atoms with Crippen molar-refractivity contribution in [1.82, 2.24) is 9.88 Å². The van der Waals surface area contributed by atoms with Gasteiger partial charge in [-0.1, -0.05) is 6.07 Å². The summed E-state index contributed by atoms with van der Waals surface area (Å²) in [5.74, 6) is -1.78. The number of amides is 1. The van der Waals surface area contributed by atoms with Gasteiger partial charge in [0.05, 0.1) is 25.0 Å². The van der Waals surface area contributed by atoms with Crippen molar-refractivity contribution in [2.75, 3.05) is 26.3 Å². The van der Waals surface area contributed by atoms with E-state index in [1.807, 2.05) is 18.2 Å². The van der Waals surface area contributed by atoms with Gasteiger partial charge in [-0.2, -0.15) is 13.2 Å². The molecule has 1 aromatic heterocycles. The van der Waals surface area contributed by atoms with Crippen LogP contribution >= 0.6 is 0 Å². The van der Waals surface area contributed by atoms with E-state index < -0.39 is 12.1 Å². The van der Waals surface area contributed by atoms with Crippen molar-refractivity contribution in [3.63, 3.8) is 0 Å². The number of aliphatic carboxylic acids is 1. The van der Waals surface area contributed by atoms with Gasteiger partial charge in [0.1, 0.15) is 0 Å². The van der Waals surface area contributed by atoms with Gasteiger partial charge in [0, 0.05) is 37.7 Å². The highest BCUT2D eigenvalue weighted by Crippen LogP contribution is 2.41. The lowest BCUT2D eigenvalue weighted by Gasteiger charge is -2.50. The molecule has 2 unspecified atom stereocenters. The molecular weight excluding hydrogens is 429 g/mol. The molecule has 7 nitrogen and oxygen atoms in total. The van der Waals surface area contributed by atoms with Gasteiger partial charge in [-0.15, -0.1) is 0 Å². The fraction of sp³-hybridized carbons (Fsp3) is 0.682. The van der Waals surface area contributed by atoms with Gasteiger partial charge in [0.15, 0.2) is 0 Å². The molecule has 1 aliphatic carbocycles. The lowest BCUT2D eigenvalue weighted by molar-refractivity contribution is -0.192. The van der Waals surface area contributed by atoms with Crippen molar-refractivity contribution >= 4 is 11.9 Å². The molecule has 1 aromatic rings. The van der Waals surface area contributed by atoms with E-state index in [0.717, 1.165) is 51.1 Å². The molecule has 32 heavy (non-hydrogen) atoms. The van der Waals surface area contributed by atoms with Crippen LogP contribution in [0.5, 0.6) is 0 Å². The molecule has 2 saturated heterocycles. The Balaban J connectivity index is 0.000000360. The first kappa shape index (κ1) is 24.4. The van der Waals surface area contributed by atoms with Crippen LogP contribution in [0.15, 0.2) is 24.4 Å². The highest BCUT2D eigenvalue weighted by molar-refractivity contribution is 5.77. The SMILES string of the molecule is O=C(CC1CC1)N1CCC2OCCCC2(COCc2ccccn2)C1.O=C(O)C(F)(F)F. The first-order chi connectivity index (χ1) is 15.2. The van der Waals surface area contributed by atoms with Crippen molar-refractivity contribution in [1.29, 1.82) is 0 Å². The summed E-state index contributed by atoms with van der Waals surface area (Å²) in [5.41, 5.74) is 0.898. The molecule has 4 rings (SSSR count). The quantitative estimate of drug-likeness (QED) is 0.703. The second-order valence-electron chi connectivity index (χ2n) is 8.69. The Kier molecular flexibility index (Phi) is 8.10. The average molecular weight is 458 g/mol. The van der Waals surface area contributed by atoms with Crippen LogP contribution in [0.1, 0.15) is 44.2 Å². The van der Waals surface area contributed by atoms with Crippen LogP contribution in [-0.2, 0) is 25.7 Å². The maximum absolute atomic E-state index is 12.6. The number of alkyl halides is 3. The molecule has 0 aromatic carbocycles. The number of nitrogens with zero attached hydrogens (tertiary/aromatic N) is 2. The number of carboxylic acids is 1. The number of pyridine rings is 1. The van der Waals surface area contributed by atoms with E-state index in [4.69, 9.17) is 19.4 Å². The number of hydrogen-bond acceptors (Lipinski definition) is 5. The van der Waals surface area contributed by atoms with E-state index in [1.54, 1.807) is 6.20 Å². The van der Waals surface area contributed by atoms with E-state index in [2.05, 4.69) is 9.88 Å². The monoisotopic (exact) mass is 458 g/mol. The lowest BCUT2D eigenvalue weighted by atomic mass is 9.73. The molecule has 3 heterocycles. The maximum Gasteiger partial charge on any atom is 0.490 e. The van der Waals surface area contributed by atoms with Gasteiger partial charge >= 0.3 is 12.1 Å². The first-order valence-corrected chi connectivity index (χ1v) is 10.9. The number of halogens is 3. The van der Waals surface area contributed by atoms with Crippen LogP contribution in [0.4, 0.5) is 13.2 Å². The van der Waals surface area contributed by atoms with Crippen molar-refractivity contribution < 1.29 is 37.3 Å². The fourth-order valence-corrected chi connectivity index (χ4v) is 4.25. The van der Waals surface area contributed by atoms with E-state index >= 15 is 0 Å². The molecule has 1 N–H and O–H groups in total. The molecule has 2 aliphatic heterocycles. The molecule has 10 heteroatoms. The van der Waals surface area contributed by atoms with Crippen LogP contribution in [0.25, 0.3) is 0 Å². The number of aromatic nitrogens is 1. The highest BCUT2D eigenvalue weighted by atomic mass is 19.4. The molecule has 2 atom stereocenters. The fourth-order valence-electron chi connectivity index (χ4n) is 4.25. The van der Waals surface area contributed by atoms with Crippen molar-refractivity contribution in [2.24, 2.45) is 11.3 Å². The normalized spacial score (nSPS) is 25.3. The van der Waals surface area contributed by atoms with E-state index in [1.165, 1.54) is 12.8 Å². The summed E-state index contributed by atoms with van der Waals surface area (Å²) < 4.78 is 43.9. The largest absolute Gasteiger partial charge is 0.490 e. The zero-order valence-corrected chi connectivity index (χ0v) is 17.9. The number of carbonyl (C=O) groups is 2. The van der Waals surface area contributed by atoms with Gasteiger partial charge in [-0.25, -0.2) is 4.79 Å². The van der Waals surface area contributed by atoms with Crippen molar-refractivity contribution in [2.45, 2.75) is 57.4 Å². The van der Waals surface area contributed by atoms with Gasteiger partial charge in [-0.3, -0.25) is 9.78 Å². The second-order valence-corrected chi connectivity index (χ2v) is 8.69. The molecule has 178 valence electrons. The standard InChI is InChI=1S/C20H28N2O3.C2HF3O2/c23-19(12-16-5-6-16)22-10-7-18-20(14-22,8-3-11-25-18)15-24-13-17-4-1-2-9-21-17;3-2(4,5)1(6)7/h1-2,4,9,16,18H,3,5-8,10-15H2;(H,6,7). The molecule has 3 fully saturated rings. The zero-order chi connectivity index (χ0) is 23.2. The van der Waals surface area contributed by atoms with Gasteiger partial charge < -0.3 is 19.5 Å². The Morgan fingerprint density at radius 1 is 1.28 bits per heavy atom. The summed E-state index contributed by atoms with van der Waals surface area (Å²) in [6.07, 6.45) is 3.17. The summed E-state index contributed by atoms with van der Waals surface area (Å²) in [7, 11) is 0. The van der Waals surface area contributed by atoms with Crippen LogP contribution in [0.2, 0.25) is 0 Å². The van der Waals surface area contributed by atoms with E-state index in [-0.39, 0.29) is 11.5 Å². The first-order valence-electron chi connectivity index (χ1n) is 10.9. The molecule has 3 aliphatic rings. The minimum absolute atomic E-state index is 0.0511. The van der Waals surface area contributed by atoms with Gasteiger partial charge in [0.2, 0.25) is 5.91 Å². The topological polar surface area (TPSA) is 89.0 Å². The molecule has 0 radical (unpaired) electrons.